The van der Waals surface area contributed by atoms with E-state index < -0.39 is 11.4 Å². The van der Waals surface area contributed by atoms with Crippen LogP contribution in [0.4, 0.5) is 4.39 Å². The number of hydrogen-bond acceptors (Lipinski definition) is 3. The van der Waals surface area contributed by atoms with Crippen LogP contribution in [-0.4, -0.2) is 15.4 Å². The highest BCUT2D eigenvalue weighted by molar-refractivity contribution is 7.90. The Kier molecular flexibility index (Phi) is 5.17. The van der Waals surface area contributed by atoms with Crippen molar-refractivity contribution in [2.45, 2.75) is 57.4 Å². The first-order valence-electron chi connectivity index (χ1n) is 7.23. The zero-order chi connectivity index (χ0) is 15.6. The maximum Gasteiger partial charge on any atom is 0.136 e. The maximum absolute atomic E-state index is 13.5. The van der Waals surface area contributed by atoms with Crippen LogP contribution in [0.2, 0.25) is 0 Å². The van der Waals surface area contributed by atoms with E-state index in [-0.39, 0.29) is 22.7 Å². The van der Waals surface area contributed by atoms with Crippen molar-refractivity contribution < 1.29 is 13.7 Å². The van der Waals surface area contributed by atoms with Gasteiger partial charge in [-0.25, -0.2) is 4.39 Å². The minimum absolute atomic E-state index is 0.175. The standard InChI is InChI=1S/C16H23FNO2S/c1-11(18-21(19)16(2,3)4)14-10-12(17)8-9-15(14)20-13-6-5-7-13/h5,8-11,13,18H,6-7H2,1-4H3/t11-,21-/m1/s1. The number of halogens is 1. The summed E-state index contributed by atoms with van der Waals surface area (Å²) in [6, 6.07) is 4.25. The molecule has 0 saturated heterocycles. The monoisotopic (exact) mass is 312 g/mol. The van der Waals surface area contributed by atoms with Crippen molar-refractivity contribution in [3.63, 3.8) is 0 Å². The van der Waals surface area contributed by atoms with Crippen molar-refractivity contribution in [2.75, 3.05) is 0 Å². The first-order chi connectivity index (χ1) is 9.77. The molecule has 0 amide bonds. The van der Waals surface area contributed by atoms with Gasteiger partial charge in [-0.15, -0.1) is 4.72 Å². The van der Waals surface area contributed by atoms with Crippen LogP contribution in [0.15, 0.2) is 18.2 Å². The molecule has 1 saturated carbocycles. The smallest absolute Gasteiger partial charge is 0.136 e. The van der Waals surface area contributed by atoms with Crippen LogP contribution in [0.25, 0.3) is 0 Å². The average Bonchev–Trinajstić information content (AvgIpc) is 2.33. The molecule has 1 radical (unpaired) electrons. The second-order valence-electron chi connectivity index (χ2n) is 6.40. The Hall–Kier alpha value is -0.780. The third-order valence-electron chi connectivity index (χ3n) is 3.43. The van der Waals surface area contributed by atoms with Crippen LogP contribution in [-0.2, 0) is 11.4 Å². The van der Waals surface area contributed by atoms with E-state index in [9.17, 15) is 8.94 Å². The number of rotatable bonds is 5. The number of nitrogens with one attached hydrogen (secondary N) is 1. The van der Waals surface area contributed by atoms with Crippen LogP contribution in [0, 0.1) is 12.2 Å². The van der Waals surface area contributed by atoms with Gasteiger partial charge in [-0.3, -0.25) is 0 Å². The second-order valence-corrected chi connectivity index (χ2v) is 8.40. The van der Waals surface area contributed by atoms with Gasteiger partial charge in [0.15, 0.2) is 0 Å². The summed E-state index contributed by atoms with van der Waals surface area (Å²) < 4.78 is 34.3. The molecule has 3 nitrogen and oxygen atoms in total. The van der Waals surface area contributed by atoms with Gasteiger partial charge < -0.3 is 9.29 Å². The van der Waals surface area contributed by atoms with Crippen molar-refractivity contribution >= 4 is 11.4 Å². The molecule has 1 aliphatic carbocycles. The summed E-state index contributed by atoms with van der Waals surface area (Å²) in [5, 5.41) is 0. The van der Waals surface area contributed by atoms with E-state index in [2.05, 4.69) is 11.1 Å². The molecule has 21 heavy (non-hydrogen) atoms. The van der Waals surface area contributed by atoms with E-state index in [0.717, 1.165) is 12.8 Å². The molecule has 1 fully saturated rings. The van der Waals surface area contributed by atoms with Crippen molar-refractivity contribution in [2.24, 2.45) is 0 Å². The number of hydrogen-bond donors (Lipinski definition) is 1. The summed E-state index contributed by atoms with van der Waals surface area (Å²) in [4.78, 5) is 0. The molecule has 1 aromatic rings. The molecule has 0 heterocycles. The summed E-state index contributed by atoms with van der Waals surface area (Å²) in [6.45, 7) is 7.57. The van der Waals surface area contributed by atoms with Gasteiger partial charge in [0.25, 0.3) is 0 Å². The molecule has 2 rings (SSSR count). The molecule has 5 heteroatoms. The number of ether oxygens (including phenoxy) is 1. The van der Waals surface area contributed by atoms with Gasteiger partial charge in [0.1, 0.15) is 16.3 Å². The Bertz CT molecular complexity index is 486. The molecule has 1 aromatic carbocycles. The van der Waals surface area contributed by atoms with E-state index >= 15 is 0 Å². The molecule has 0 bridgehead atoms. The van der Waals surface area contributed by atoms with Gasteiger partial charge in [-0.2, -0.15) is 0 Å². The highest BCUT2D eigenvalue weighted by Gasteiger charge is 2.30. The lowest BCUT2D eigenvalue weighted by Gasteiger charge is -2.30. The highest BCUT2D eigenvalue weighted by Crippen LogP contribution is 2.32. The lowest BCUT2D eigenvalue weighted by molar-refractivity contribution is 0.156. The van der Waals surface area contributed by atoms with Gasteiger partial charge in [0, 0.05) is 16.9 Å². The van der Waals surface area contributed by atoms with E-state index in [4.69, 9.17) is 4.74 Å². The third-order valence-corrected chi connectivity index (χ3v) is 5.11. The van der Waals surface area contributed by atoms with E-state index in [1.54, 1.807) is 6.07 Å². The molecule has 1 aliphatic rings. The minimum atomic E-state index is -1.22. The molecular formula is C16H23FNO2S. The van der Waals surface area contributed by atoms with Crippen molar-refractivity contribution in [1.29, 1.82) is 0 Å². The van der Waals surface area contributed by atoms with Gasteiger partial charge in [-0.1, -0.05) is 0 Å². The SMILES string of the molecule is C[C@@H](N[S@+]([O-])C(C)(C)C)c1cc(F)ccc1OC1C[CH]C1. The molecule has 1 N–H and O–H groups in total. The molecule has 0 unspecified atom stereocenters. The van der Waals surface area contributed by atoms with E-state index in [1.807, 2.05) is 27.7 Å². The third kappa shape index (κ3) is 4.34. The van der Waals surface area contributed by atoms with Gasteiger partial charge >= 0.3 is 0 Å². The normalized spacial score (nSPS) is 19.0. The fraction of sp³-hybridized carbons (Fsp3) is 0.562. The van der Waals surface area contributed by atoms with Crippen molar-refractivity contribution in [1.82, 2.24) is 4.72 Å². The maximum atomic E-state index is 13.5. The van der Waals surface area contributed by atoms with Gasteiger partial charge in [-0.05, 0) is 65.2 Å². The summed E-state index contributed by atoms with van der Waals surface area (Å²) in [5.74, 6) is 0.355. The zero-order valence-corrected chi connectivity index (χ0v) is 13.8. The first-order valence-corrected chi connectivity index (χ1v) is 8.38. The quantitative estimate of drug-likeness (QED) is 0.843. The van der Waals surface area contributed by atoms with Crippen LogP contribution >= 0.6 is 0 Å². The minimum Gasteiger partial charge on any atom is -0.598 e. The predicted molar refractivity (Wildman–Crippen MR) is 83.8 cm³/mol. The Morgan fingerprint density at radius 1 is 1.38 bits per heavy atom. The summed E-state index contributed by atoms with van der Waals surface area (Å²) in [6.07, 6.45) is 4.18. The fourth-order valence-electron chi connectivity index (χ4n) is 1.94. The molecule has 0 aromatic heterocycles. The fourth-order valence-corrected chi connectivity index (χ4v) is 2.75. The highest BCUT2D eigenvalue weighted by atomic mass is 32.2. The summed E-state index contributed by atoms with van der Waals surface area (Å²) in [7, 11) is 0. The lowest BCUT2D eigenvalue weighted by Crippen LogP contribution is -2.40. The largest absolute Gasteiger partial charge is 0.598 e. The molecule has 0 aliphatic heterocycles. The number of benzene rings is 1. The Morgan fingerprint density at radius 3 is 2.57 bits per heavy atom. The van der Waals surface area contributed by atoms with Crippen LogP contribution in [0.1, 0.15) is 52.1 Å². The van der Waals surface area contributed by atoms with Crippen LogP contribution in [0.5, 0.6) is 5.75 Å². The van der Waals surface area contributed by atoms with Crippen LogP contribution in [0.3, 0.4) is 0 Å². The Labute approximate surface area is 129 Å². The van der Waals surface area contributed by atoms with Gasteiger partial charge in [0.2, 0.25) is 0 Å². The molecule has 2 atom stereocenters. The summed E-state index contributed by atoms with van der Waals surface area (Å²) >= 11 is -1.22. The molecule has 0 spiro atoms. The van der Waals surface area contributed by atoms with Gasteiger partial charge in [0.05, 0.1) is 12.1 Å². The lowest BCUT2D eigenvalue weighted by atomic mass is 9.96. The molecule has 117 valence electrons. The first kappa shape index (κ1) is 16.6. The zero-order valence-electron chi connectivity index (χ0n) is 13.0. The van der Waals surface area contributed by atoms with E-state index in [1.165, 1.54) is 12.1 Å². The Morgan fingerprint density at radius 2 is 2.05 bits per heavy atom. The predicted octanol–water partition coefficient (Wildman–Crippen LogP) is 3.68. The van der Waals surface area contributed by atoms with Crippen molar-refractivity contribution in [3.05, 3.63) is 36.0 Å². The van der Waals surface area contributed by atoms with Crippen LogP contribution < -0.4 is 9.46 Å². The molecular weight excluding hydrogens is 289 g/mol. The average molecular weight is 312 g/mol. The summed E-state index contributed by atoms with van der Waals surface area (Å²) in [5.41, 5.74) is 0.708. The topological polar surface area (TPSA) is 44.3 Å². The van der Waals surface area contributed by atoms with E-state index in [0.29, 0.717) is 11.3 Å². The second kappa shape index (κ2) is 6.55. The Balaban J connectivity index is 2.14. The van der Waals surface area contributed by atoms with Crippen molar-refractivity contribution in [3.8, 4) is 5.75 Å².